The molecule has 128 valence electrons. The molecule has 0 bridgehead atoms. The van der Waals surface area contributed by atoms with E-state index >= 15 is 0 Å². The zero-order chi connectivity index (χ0) is 17.4. The van der Waals surface area contributed by atoms with Gasteiger partial charge < -0.3 is 9.88 Å². The third-order valence-corrected chi connectivity index (χ3v) is 4.74. The first-order chi connectivity index (χ1) is 12.1. The molecule has 0 saturated heterocycles. The molecule has 1 aliphatic rings. The van der Waals surface area contributed by atoms with Crippen molar-refractivity contribution in [1.82, 2.24) is 19.9 Å². The second-order valence-corrected chi connectivity index (χ2v) is 6.91. The van der Waals surface area contributed by atoms with Crippen molar-refractivity contribution in [2.24, 2.45) is 7.05 Å². The molecule has 4 rings (SSSR count). The molecule has 0 atom stereocenters. The van der Waals surface area contributed by atoms with E-state index in [1.807, 2.05) is 17.8 Å². The second-order valence-electron chi connectivity index (χ2n) is 6.91. The zero-order valence-electron chi connectivity index (χ0n) is 14.6. The summed E-state index contributed by atoms with van der Waals surface area (Å²) in [6.45, 7) is 2.10. The molecule has 1 saturated carbocycles. The van der Waals surface area contributed by atoms with Gasteiger partial charge in [0.25, 0.3) is 0 Å². The van der Waals surface area contributed by atoms with Crippen LogP contribution >= 0.6 is 0 Å². The van der Waals surface area contributed by atoms with E-state index in [0.29, 0.717) is 12.5 Å². The fourth-order valence-electron chi connectivity index (χ4n) is 3.12. The highest BCUT2D eigenvalue weighted by atomic mass is 16.1. The van der Waals surface area contributed by atoms with Gasteiger partial charge in [-0.15, -0.1) is 0 Å². The lowest BCUT2D eigenvalue weighted by atomic mass is 10.0. The Hall–Kier alpha value is -2.69. The monoisotopic (exact) mass is 334 g/mol. The molecule has 1 N–H and O–H groups in total. The number of benzene rings is 1. The predicted molar refractivity (Wildman–Crippen MR) is 98.2 cm³/mol. The van der Waals surface area contributed by atoms with Gasteiger partial charge in [0.15, 0.2) is 0 Å². The van der Waals surface area contributed by atoms with Crippen LogP contribution in [0.1, 0.15) is 30.4 Å². The number of fused-ring (bicyclic) bond motifs is 1. The van der Waals surface area contributed by atoms with E-state index in [0.717, 1.165) is 41.6 Å². The van der Waals surface area contributed by atoms with Crippen molar-refractivity contribution in [2.45, 2.75) is 38.6 Å². The summed E-state index contributed by atoms with van der Waals surface area (Å²) in [6, 6.07) is 8.82. The average molecular weight is 334 g/mol. The molecular weight excluding hydrogens is 312 g/mol. The van der Waals surface area contributed by atoms with Crippen LogP contribution in [0, 0.1) is 6.92 Å². The number of hydrogen-bond donors (Lipinski definition) is 1. The van der Waals surface area contributed by atoms with E-state index in [1.54, 1.807) is 6.33 Å². The van der Waals surface area contributed by atoms with Gasteiger partial charge in [-0.2, -0.15) is 0 Å². The Labute approximate surface area is 147 Å². The molecule has 1 amide bonds. The summed E-state index contributed by atoms with van der Waals surface area (Å²) in [5.41, 5.74) is 5.27. The molecular formula is C20H22N4O. The van der Waals surface area contributed by atoms with E-state index in [9.17, 15) is 4.79 Å². The quantitative estimate of drug-likeness (QED) is 0.780. The van der Waals surface area contributed by atoms with Crippen LogP contribution in [-0.2, 0) is 18.3 Å². The summed E-state index contributed by atoms with van der Waals surface area (Å²) < 4.78 is 1.97. The average Bonchev–Trinajstić information content (AvgIpc) is 3.30. The van der Waals surface area contributed by atoms with Gasteiger partial charge >= 0.3 is 0 Å². The molecule has 0 aliphatic heterocycles. The highest BCUT2D eigenvalue weighted by Crippen LogP contribution is 2.25. The van der Waals surface area contributed by atoms with Gasteiger partial charge in [-0.3, -0.25) is 4.79 Å². The highest BCUT2D eigenvalue weighted by molar-refractivity contribution is 5.85. The van der Waals surface area contributed by atoms with Crippen molar-refractivity contribution < 1.29 is 4.79 Å². The van der Waals surface area contributed by atoms with E-state index in [4.69, 9.17) is 4.98 Å². The lowest BCUT2D eigenvalue weighted by Crippen LogP contribution is -2.25. The summed E-state index contributed by atoms with van der Waals surface area (Å²) in [5.74, 6) is 0.156. The van der Waals surface area contributed by atoms with Gasteiger partial charge in [0, 0.05) is 24.9 Å². The van der Waals surface area contributed by atoms with Gasteiger partial charge in [0.2, 0.25) is 5.91 Å². The minimum Gasteiger partial charge on any atom is -0.353 e. The van der Waals surface area contributed by atoms with Crippen LogP contribution in [0.4, 0.5) is 0 Å². The summed E-state index contributed by atoms with van der Waals surface area (Å²) in [4.78, 5) is 20.8. The van der Waals surface area contributed by atoms with Crippen LogP contribution < -0.4 is 5.32 Å². The minimum atomic E-state index is 0.156. The maximum Gasteiger partial charge on any atom is 0.220 e. The fourth-order valence-corrected chi connectivity index (χ4v) is 3.12. The molecule has 5 heteroatoms. The number of imidazole rings is 1. The molecule has 0 unspecified atom stereocenters. The van der Waals surface area contributed by atoms with Crippen molar-refractivity contribution in [3.05, 3.63) is 47.9 Å². The molecule has 1 fully saturated rings. The van der Waals surface area contributed by atoms with Crippen molar-refractivity contribution in [3.8, 4) is 11.4 Å². The standard InChI is InChI=1S/C20H22N4O/c1-13-9-18(19-11-21-12-24(19)2)23-17-7-3-14(10-16(13)17)4-8-20(25)22-15-5-6-15/h3,7,9-12,15H,4-6,8H2,1-2H3,(H,22,25). The normalized spacial score (nSPS) is 14.0. The summed E-state index contributed by atoms with van der Waals surface area (Å²) in [7, 11) is 1.97. The third kappa shape index (κ3) is 3.40. The molecule has 3 aromatic rings. The maximum absolute atomic E-state index is 11.9. The van der Waals surface area contributed by atoms with Gasteiger partial charge in [-0.25, -0.2) is 9.97 Å². The number of amides is 1. The van der Waals surface area contributed by atoms with Gasteiger partial charge in [0.1, 0.15) is 0 Å². The molecule has 5 nitrogen and oxygen atoms in total. The highest BCUT2D eigenvalue weighted by Gasteiger charge is 2.22. The van der Waals surface area contributed by atoms with Crippen LogP contribution in [0.15, 0.2) is 36.8 Å². The van der Waals surface area contributed by atoms with E-state index in [2.05, 4.69) is 41.5 Å². The SMILES string of the molecule is Cc1cc(-c2cncn2C)nc2ccc(CCC(=O)NC3CC3)cc12. The maximum atomic E-state index is 11.9. The van der Waals surface area contributed by atoms with E-state index in [1.165, 1.54) is 11.1 Å². The topological polar surface area (TPSA) is 59.8 Å². The van der Waals surface area contributed by atoms with Crippen LogP contribution in [0.5, 0.6) is 0 Å². The lowest BCUT2D eigenvalue weighted by Gasteiger charge is -2.09. The summed E-state index contributed by atoms with van der Waals surface area (Å²) >= 11 is 0. The molecule has 1 aliphatic carbocycles. The number of nitrogens with one attached hydrogen (secondary N) is 1. The van der Waals surface area contributed by atoms with Gasteiger partial charge in [-0.1, -0.05) is 6.07 Å². The Balaban J connectivity index is 1.57. The number of hydrogen-bond acceptors (Lipinski definition) is 3. The summed E-state index contributed by atoms with van der Waals surface area (Å²) in [6.07, 6.45) is 7.18. The Bertz CT molecular complexity index is 940. The first-order valence-electron chi connectivity index (χ1n) is 8.76. The molecule has 0 spiro atoms. The smallest absolute Gasteiger partial charge is 0.220 e. The Morgan fingerprint density at radius 1 is 1.32 bits per heavy atom. The number of pyridine rings is 1. The van der Waals surface area contributed by atoms with Crippen molar-refractivity contribution in [2.75, 3.05) is 0 Å². The Morgan fingerprint density at radius 3 is 2.88 bits per heavy atom. The second kappa shape index (κ2) is 6.31. The third-order valence-electron chi connectivity index (χ3n) is 4.74. The predicted octanol–water partition coefficient (Wildman–Crippen LogP) is 3.15. The first-order valence-corrected chi connectivity index (χ1v) is 8.76. The first kappa shape index (κ1) is 15.8. The minimum absolute atomic E-state index is 0.156. The van der Waals surface area contributed by atoms with Gasteiger partial charge in [0.05, 0.1) is 29.4 Å². The number of rotatable bonds is 5. The number of aromatic nitrogens is 3. The fraction of sp³-hybridized carbons (Fsp3) is 0.350. The Kier molecular flexibility index (Phi) is 3.99. The van der Waals surface area contributed by atoms with Crippen LogP contribution in [0.2, 0.25) is 0 Å². The van der Waals surface area contributed by atoms with Gasteiger partial charge in [-0.05, 0) is 55.5 Å². The van der Waals surface area contributed by atoms with Crippen molar-refractivity contribution in [1.29, 1.82) is 0 Å². The Morgan fingerprint density at radius 2 is 2.16 bits per heavy atom. The molecule has 2 heterocycles. The van der Waals surface area contributed by atoms with E-state index in [-0.39, 0.29) is 5.91 Å². The number of nitrogens with zero attached hydrogens (tertiary/aromatic N) is 3. The van der Waals surface area contributed by atoms with Crippen LogP contribution in [-0.4, -0.2) is 26.5 Å². The largest absolute Gasteiger partial charge is 0.353 e. The zero-order valence-corrected chi connectivity index (χ0v) is 14.6. The molecule has 2 aromatic heterocycles. The molecule has 0 radical (unpaired) electrons. The van der Waals surface area contributed by atoms with Crippen LogP contribution in [0.25, 0.3) is 22.3 Å². The molecule has 25 heavy (non-hydrogen) atoms. The molecule has 1 aromatic carbocycles. The number of carbonyl (C=O) groups excluding carboxylic acids is 1. The van der Waals surface area contributed by atoms with Crippen molar-refractivity contribution in [3.63, 3.8) is 0 Å². The number of aryl methyl sites for hydroxylation is 3. The van der Waals surface area contributed by atoms with Crippen LogP contribution in [0.3, 0.4) is 0 Å². The van der Waals surface area contributed by atoms with Crippen molar-refractivity contribution >= 4 is 16.8 Å². The summed E-state index contributed by atoms with van der Waals surface area (Å²) in [5, 5.41) is 4.19. The van der Waals surface area contributed by atoms with E-state index < -0.39 is 0 Å². The number of carbonyl (C=O) groups is 1. The lowest BCUT2D eigenvalue weighted by molar-refractivity contribution is -0.121.